The predicted molar refractivity (Wildman–Crippen MR) is 97.2 cm³/mol. The molecule has 1 aromatic heterocycles. The van der Waals surface area contributed by atoms with Crippen LogP contribution in [0.15, 0.2) is 30.3 Å². The third-order valence-corrected chi connectivity index (χ3v) is 5.64. The topological polar surface area (TPSA) is 75.9 Å². The van der Waals surface area contributed by atoms with E-state index in [9.17, 15) is 4.79 Å². The number of hydrogen-bond donors (Lipinski definition) is 1. The van der Waals surface area contributed by atoms with E-state index in [4.69, 9.17) is 0 Å². The second-order valence-corrected chi connectivity index (χ2v) is 7.52. The highest BCUT2D eigenvalue weighted by Crippen LogP contribution is 2.35. The number of aromatic nitrogens is 4. The van der Waals surface area contributed by atoms with Crippen LogP contribution in [-0.2, 0) is 17.9 Å². The van der Waals surface area contributed by atoms with Crippen LogP contribution in [0.5, 0.6) is 0 Å². The molecule has 0 aliphatic carbocycles. The summed E-state index contributed by atoms with van der Waals surface area (Å²) in [7, 11) is 0. The van der Waals surface area contributed by atoms with Gasteiger partial charge in [0.05, 0.1) is 13.1 Å². The van der Waals surface area contributed by atoms with Crippen molar-refractivity contribution in [3.63, 3.8) is 0 Å². The van der Waals surface area contributed by atoms with Crippen molar-refractivity contribution in [3.05, 3.63) is 41.7 Å². The van der Waals surface area contributed by atoms with Crippen LogP contribution in [0, 0.1) is 0 Å². The zero-order valence-corrected chi connectivity index (χ0v) is 15.2. The SMILES string of the molecule is CC(=O)NC1C[C@@H]2CCC[C@@H](C1)N2Cc1nnnn1Cc1ccccc1. The number of benzene rings is 1. The molecule has 138 valence electrons. The average Bonchev–Trinajstić information content (AvgIpc) is 3.03. The number of rotatable bonds is 5. The minimum Gasteiger partial charge on any atom is -0.353 e. The monoisotopic (exact) mass is 354 g/mol. The van der Waals surface area contributed by atoms with Crippen molar-refractivity contribution in [3.8, 4) is 0 Å². The van der Waals surface area contributed by atoms with E-state index in [2.05, 4.69) is 37.9 Å². The first-order valence-corrected chi connectivity index (χ1v) is 9.51. The van der Waals surface area contributed by atoms with Gasteiger partial charge < -0.3 is 5.32 Å². The van der Waals surface area contributed by atoms with E-state index >= 15 is 0 Å². The fraction of sp³-hybridized carbons (Fsp3) is 0.579. The van der Waals surface area contributed by atoms with E-state index in [-0.39, 0.29) is 5.91 Å². The summed E-state index contributed by atoms with van der Waals surface area (Å²) in [5.74, 6) is 0.997. The fourth-order valence-electron chi connectivity index (χ4n) is 4.52. The molecule has 0 saturated carbocycles. The van der Waals surface area contributed by atoms with Gasteiger partial charge in [0.2, 0.25) is 5.91 Å². The summed E-state index contributed by atoms with van der Waals surface area (Å²) in [5, 5.41) is 15.5. The summed E-state index contributed by atoms with van der Waals surface area (Å²) in [6, 6.07) is 11.6. The normalized spacial score (nSPS) is 25.8. The highest BCUT2D eigenvalue weighted by atomic mass is 16.1. The Kier molecular flexibility index (Phi) is 4.97. The van der Waals surface area contributed by atoms with Crippen LogP contribution in [0.3, 0.4) is 0 Å². The molecule has 0 radical (unpaired) electrons. The van der Waals surface area contributed by atoms with E-state index in [1.807, 2.05) is 22.9 Å². The van der Waals surface area contributed by atoms with E-state index in [1.165, 1.54) is 24.8 Å². The summed E-state index contributed by atoms with van der Waals surface area (Å²) in [4.78, 5) is 14.0. The smallest absolute Gasteiger partial charge is 0.217 e. The largest absolute Gasteiger partial charge is 0.353 e. The van der Waals surface area contributed by atoms with E-state index < -0.39 is 0 Å². The summed E-state index contributed by atoms with van der Waals surface area (Å²) >= 11 is 0. The minimum atomic E-state index is 0.0772. The second-order valence-electron chi connectivity index (χ2n) is 7.52. The number of hydrogen-bond acceptors (Lipinski definition) is 5. The second kappa shape index (κ2) is 7.53. The molecule has 2 saturated heterocycles. The van der Waals surface area contributed by atoms with Crippen LogP contribution in [0.4, 0.5) is 0 Å². The van der Waals surface area contributed by atoms with E-state index in [1.54, 1.807) is 6.92 Å². The first-order chi connectivity index (χ1) is 12.7. The van der Waals surface area contributed by atoms with Gasteiger partial charge in [0.15, 0.2) is 5.82 Å². The van der Waals surface area contributed by atoms with Crippen LogP contribution in [0.1, 0.15) is 50.4 Å². The Morgan fingerprint density at radius 3 is 2.58 bits per heavy atom. The number of piperidine rings is 2. The standard InChI is InChI=1S/C19H26N6O/c1-14(26)20-16-10-17-8-5-9-18(11-16)24(17)13-19-21-22-23-25(19)12-15-6-3-2-4-7-15/h2-4,6-7,16-18H,5,8-13H2,1H3,(H,20,26)/t17-,18-/m0/s1. The van der Waals surface area contributed by atoms with Gasteiger partial charge in [-0.25, -0.2) is 4.68 Å². The van der Waals surface area contributed by atoms with Gasteiger partial charge in [0.1, 0.15) is 0 Å². The number of tetrazole rings is 1. The van der Waals surface area contributed by atoms with E-state index in [0.717, 1.165) is 25.2 Å². The zero-order valence-electron chi connectivity index (χ0n) is 15.2. The lowest BCUT2D eigenvalue weighted by molar-refractivity contribution is -0.120. The molecule has 1 N–H and O–H groups in total. The summed E-state index contributed by atoms with van der Waals surface area (Å²) in [6.07, 6.45) is 5.69. The van der Waals surface area contributed by atoms with Crippen molar-refractivity contribution in [1.29, 1.82) is 0 Å². The van der Waals surface area contributed by atoms with Crippen molar-refractivity contribution in [2.75, 3.05) is 0 Å². The van der Waals surface area contributed by atoms with Crippen molar-refractivity contribution in [2.45, 2.75) is 70.2 Å². The fourth-order valence-corrected chi connectivity index (χ4v) is 4.52. The number of nitrogens with one attached hydrogen (secondary N) is 1. The van der Waals surface area contributed by atoms with Crippen molar-refractivity contribution in [1.82, 2.24) is 30.4 Å². The van der Waals surface area contributed by atoms with Gasteiger partial charge in [-0.2, -0.15) is 0 Å². The van der Waals surface area contributed by atoms with Gasteiger partial charge in [-0.05, 0) is 41.7 Å². The molecule has 2 fully saturated rings. The number of nitrogens with zero attached hydrogens (tertiary/aromatic N) is 5. The molecule has 26 heavy (non-hydrogen) atoms. The van der Waals surface area contributed by atoms with Crippen LogP contribution < -0.4 is 5.32 Å². The zero-order chi connectivity index (χ0) is 17.9. The maximum atomic E-state index is 11.4. The molecule has 4 rings (SSSR count). The first-order valence-electron chi connectivity index (χ1n) is 9.51. The molecule has 7 nitrogen and oxygen atoms in total. The van der Waals surface area contributed by atoms with Gasteiger partial charge in [-0.3, -0.25) is 9.69 Å². The molecular formula is C19H26N6O. The predicted octanol–water partition coefficient (Wildman–Crippen LogP) is 1.74. The third-order valence-electron chi connectivity index (χ3n) is 5.64. The summed E-state index contributed by atoms with van der Waals surface area (Å²) in [6.45, 7) is 3.09. The Bertz CT molecular complexity index is 731. The third kappa shape index (κ3) is 3.77. The number of carbonyl (C=O) groups is 1. The number of amides is 1. The molecule has 2 bridgehead atoms. The van der Waals surface area contributed by atoms with Crippen molar-refractivity contribution < 1.29 is 4.79 Å². The molecule has 2 aliphatic heterocycles. The first kappa shape index (κ1) is 17.1. The summed E-state index contributed by atoms with van der Waals surface area (Å²) < 4.78 is 1.91. The molecule has 0 unspecified atom stereocenters. The lowest BCUT2D eigenvalue weighted by Crippen LogP contribution is -2.56. The van der Waals surface area contributed by atoms with E-state index in [0.29, 0.717) is 24.7 Å². The lowest BCUT2D eigenvalue weighted by Gasteiger charge is -2.48. The molecule has 2 aliphatic rings. The lowest BCUT2D eigenvalue weighted by atomic mass is 9.81. The Hall–Kier alpha value is -2.28. The molecule has 3 heterocycles. The van der Waals surface area contributed by atoms with Crippen molar-refractivity contribution >= 4 is 5.91 Å². The van der Waals surface area contributed by atoms with Crippen LogP contribution >= 0.6 is 0 Å². The van der Waals surface area contributed by atoms with Gasteiger partial charge in [0, 0.05) is 25.0 Å². The van der Waals surface area contributed by atoms with Gasteiger partial charge in [-0.1, -0.05) is 36.8 Å². The molecule has 1 amide bonds. The molecule has 0 spiro atoms. The van der Waals surface area contributed by atoms with Crippen LogP contribution in [0.2, 0.25) is 0 Å². The van der Waals surface area contributed by atoms with Gasteiger partial charge in [0.25, 0.3) is 0 Å². The number of carbonyl (C=O) groups excluding carboxylic acids is 1. The highest BCUT2D eigenvalue weighted by molar-refractivity contribution is 5.73. The Morgan fingerprint density at radius 2 is 1.88 bits per heavy atom. The van der Waals surface area contributed by atoms with Gasteiger partial charge in [-0.15, -0.1) is 5.10 Å². The quantitative estimate of drug-likeness (QED) is 0.885. The maximum Gasteiger partial charge on any atom is 0.217 e. The molecule has 1 aromatic carbocycles. The average molecular weight is 354 g/mol. The van der Waals surface area contributed by atoms with Crippen molar-refractivity contribution in [2.24, 2.45) is 0 Å². The molecular weight excluding hydrogens is 328 g/mol. The van der Waals surface area contributed by atoms with Gasteiger partial charge >= 0.3 is 0 Å². The van der Waals surface area contributed by atoms with Crippen LogP contribution in [-0.4, -0.2) is 49.1 Å². The molecule has 2 aromatic rings. The Labute approximate surface area is 153 Å². The van der Waals surface area contributed by atoms with Crippen LogP contribution in [0.25, 0.3) is 0 Å². The molecule has 7 heteroatoms. The Morgan fingerprint density at radius 1 is 1.15 bits per heavy atom. The highest BCUT2D eigenvalue weighted by Gasteiger charge is 2.39. The summed E-state index contributed by atoms with van der Waals surface area (Å²) in [5.41, 5.74) is 1.20. The minimum absolute atomic E-state index is 0.0772. The maximum absolute atomic E-state index is 11.4. The number of fused-ring (bicyclic) bond motifs is 2. The Balaban J connectivity index is 1.46. The molecule has 2 atom stereocenters.